The minimum absolute atomic E-state index is 0.458. The summed E-state index contributed by atoms with van der Waals surface area (Å²) in [6.45, 7) is 3.97. The normalized spacial score (nSPS) is 10.2. The molecular weight excluding hydrogens is 205 g/mol. The van der Waals surface area contributed by atoms with Gasteiger partial charge in [-0.05, 0) is 31.5 Å². The highest BCUT2D eigenvalue weighted by molar-refractivity contribution is 5.38. The molecular formula is C13H12FNO. The van der Waals surface area contributed by atoms with Gasteiger partial charge in [-0.1, -0.05) is 17.7 Å². The Kier molecular flexibility index (Phi) is 2.86. The lowest BCUT2D eigenvalue weighted by atomic mass is 10.1. The summed E-state index contributed by atoms with van der Waals surface area (Å²) in [5, 5.41) is 0. The molecule has 0 fully saturated rings. The van der Waals surface area contributed by atoms with Crippen molar-refractivity contribution in [3.63, 3.8) is 0 Å². The first-order chi connectivity index (χ1) is 7.65. The van der Waals surface area contributed by atoms with E-state index in [1.807, 2.05) is 32.0 Å². The Morgan fingerprint density at radius 1 is 1.12 bits per heavy atom. The van der Waals surface area contributed by atoms with Crippen LogP contribution in [0.5, 0.6) is 11.5 Å². The van der Waals surface area contributed by atoms with E-state index in [1.54, 1.807) is 6.07 Å². The number of nitrogens with zero attached hydrogens (tertiary/aromatic N) is 1. The van der Waals surface area contributed by atoms with Crippen molar-refractivity contribution in [3.8, 4) is 11.5 Å². The molecule has 0 bridgehead atoms. The van der Waals surface area contributed by atoms with Crippen LogP contribution in [-0.2, 0) is 0 Å². The van der Waals surface area contributed by atoms with Gasteiger partial charge in [0.25, 0.3) is 0 Å². The molecule has 0 spiro atoms. The number of aromatic nitrogens is 1. The van der Waals surface area contributed by atoms with E-state index in [-0.39, 0.29) is 0 Å². The molecule has 0 amide bonds. The molecule has 0 saturated carbocycles. The molecule has 0 N–H and O–H groups in total. The topological polar surface area (TPSA) is 22.1 Å². The number of halogens is 1. The standard InChI is InChI=1S/C13H12FNO/c1-9-3-4-12(10(2)7-9)16-11-5-6-15-13(14)8-11/h3-8H,1-2H3. The molecule has 3 heteroatoms. The summed E-state index contributed by atoms with van der Waals surface area (Å²) >= 11 is 0. The average molecular weight is 217 g/mol. The molecule has 1 aromatic heterocycles. The third-order valence-electron chi connectivity index (χ3n) is 2.26. The highest BCUT2D eigenvalue weighted by Gasteiger charge is 2.02. The molecule has 0 saturated heterocycles. The van der Waals surface area contributed by atoms with Crippen molar-refractivity contribution >= 4 is 0 Å². The van der Waals surface area contributed by atoms with Gasteiger partial charge >= 0.3 is 0 Å². The second-order valence-corrected chi connectivity index (χ2v) is 3.69. The molecule has 2 rings (SSSR count). The third-order valence-corrected chi connectivity index (χ3v) is 2.26. The van der Waals surface area contributed by atoms with Gasteiger partial charge in [0.1, 0.15) is 11.5 Å². The predicted molar refractivity (Wildman–Crippen MR) is 60.2 cm³/mol. The van der Waals surface area contributed by atoms with Crippen LogP contribution in [-0.4, -0.2) is 4.98 Å². The zero-order chi connectivity index (χ0) is 11.5. The van der Waals surface area contributed by atoms with E-state index in [0.717, 1.165) is 11.3 Å². The molecule has 0 unspecified atom stereocenters. The zero-order valence-electron chi connectivity index (χ0n) is 9.20. The minimum Gasteiger partial charge on any atom is -0.457 e. The van der Waals surface area contributed by atoms with Gasteiger partial charge < -0.3 is 4.74 Å². The lowest BCUT2D eigenvalue weighted by Gasteiger charge is -2.08. The molecule has 0 aliphatic carbocycles. The fraction of sp³-hybridized carbons (Fsp3) is 0.154. The van der Waals surface area contributed by atoms with Crippen LogP contribution in [0.4, 0.5) is 4.39 Å². The van der Waals surface area contributed by atoms with Crippen molar-refractivity contribution in [1.29, 1.82) is 0 Å². The fourth-order valence-corrected chi connectivity index (χ4v) is 1.49. The van der Waals surface area contributed by atoms with Crippen LogP contribution in [0.3, 0.4) is 0 Å². The van der Waals surface area contributed by atoms with E-state index in [4.69, 9.17) is 4.74 Å². The molecule has 16 heavy (non-hydrogen) atoms. The highest BCUT2D eigenvalue weighted by Crippen LogP contribution is 2.25. The molecule has 0 atom stereocenters. The van der Waals surface area contributed by atoms with Crippen molar-refractivity contribution in [2.24, 2.45) is 0 Å². The summed E-state index contributed by atoms with van der Waals surface area (Å²) < 4.78 is 18.4. The highest BCUT2D eigenvalue weighted by atomic mass is 19.1. The summed E-state index contributed by atoms with van der Waals surface area (Å²) in [6, 6.07) is 8.75. The first-order valence-electron chi connectivity index (χ1n) is 5.02. The van der Waals surface area contributed by atoms with Crippen LogP contribution >= 0.6 is 0 Å². The molecule has 1 heterocycles. The largest absolute Gasteiger partial charge is 0.457 e. The number of ether oxygens (including phenoxy) is 1. The van der Waals surface area contributed by atoms with E-state index in [1.165, 1.54) is 17.8 Å². The molecule has 82 valence electrons. The number of rotatable bonds is 2. The molecule has 2 nitrogen and oxygen atoms in total. The smallest absolute Gasteiger partial charge is 0.216 e. The van der Waals surface area contributed by atoms with E-state index < -0.39 is 5.95 Å². The Labute approximate surface area is 93.7 Å². The molecule has 0 radical (unpaired) electrons. The van der Waals surface area contributed by atoms with Gasteiger partial charge in [0.05, 0.1) is 0 Å². The number of hydrogen-bond acceptors (Lipinski definition) is 2. The van der Waals surface area contributed by atoms with Gasteiger partial charge in [0, 0.05) is 12.3 Å². The maximum absolute atomic E-state index is 12.8. The lowest BCUT2D eigenvalue weighted by Crippen LogP contribution is -1.90. The van der Waals surface area contributed by atoms with Crippen molar-refractivity contribution in [3.05, 3.63) is 53.6 Å². The molecule has 0 aliphatic heterocycles. The van der Waals surface area contributed by atoms with Crippen LogP contribution in [0.15, 0.2) is 36.5 Å². The van der Waals surface area contributed by atoms with Gasteiger partial charge in [0.15, 0.2) is 0 Å². The Bertz CT molecular complexity index is 511. The Balaban J connectivity index is 2.27. The molecule has 1 aromatic carbocycles. The van der Waals surface area contributed by atoms with Gasteiger partial charge in [-0.15, -0.1) is 0 Å². The fourth-order valence-electron chi connectivity index (χ4n) is 1.49. The van der Waals surface area contributed by atoms with Gasteiger partial charge in [-0.2, -0.15) is 4.39 Å². The maximum Gasteiger partial charge on any atom is 0.216 e. The number of benzene rings is 1. The third kappa shape index (κ3) is 2.37. The first-order valence-corrected chi connectivity index (χ1v) is 5.02. The van der Waals surface area contributed by atoms with Crippen LogP contribution < -0.4 is 4.74 Å². The van der Waals surface area contributed by atoms with Crippen LogP contribution in [0.25, 0.3) is 0 Å². The maximum atomic E-state index is 12.8. The monoisotopic (exact) mass is 217 g/mol. The lowest BCUT2D eigenvalue weighted by molar-refractivity contribution is 0.468. The van der Waals surface area contributed by atoms with Gasteiger partial charge in [-0.25, -0.2) is 4.98 Å². The summed E-state index contributed by atoms with van der Waals surface area (Å²) in [7, 11) is 0. The second kappa shape index (κ2) is 4.31. The minimum atomic E-state index is -0.540. The molecule has 0 aliphatic rings. The Hall–Kier alpha value is -1.90. The second-order valence-electron chi connectivity index (χ2n) is 3.69. The number of pyridine rings is 1. The van der Waals surface area contributed by atoms with Crippen LogP contribution in [0.1, 0.15) is 11.1 Å². The quantitative estimate of drug-likeness (QED) is 0.716. The first kappa shape index (κ1) is 10.6. The molecule has 2 aromatic rings. The van der Waals surface area contributed by atoms with Crippen LogP contribution in [0, 0.1) is 19.8 Å². The van der Waals surface area contributed by atoms with Crippen molar-refractivity contribution < 1.29 is 9.13 Å². The van der Waals surface area contributed by atoms with Crippen molar-refractivity contribution in [2.45, 2.75) is 13.8 Å². The van der Waals surface area contributed by atoms with E-state index in [2.05, 4.69) is 4.98 Å². The SMILES string of the molecule is Cc1ccc(Oc2ccnc(F)c2)c(C)c1. The summed E-state index contributed by atoms with van der Waals surface area (Å²) in [4.78, 5) is 3.47. The van der Waals surface area contributed by atoms with Gasteiger partial charge in [0.2, 0.25) is 5.95 Å². The predicted octanol–water partition coefficient (Wildman–Crippen LogP) is 3.63. The van der Waals surface area contributed by atoms with E-state index in [0.29, 0.717) is 5.75 Å². The van der Waals surface area contributed by atoms with E-state index in [9.17, 15) is 4.39 Å². The van der Waals surface area contributed by atoms with Crippen molar-refractivity contribution in [1.82, 2.24) is 4.98 Å². The summed E-state index contributed by atoms with van der Waals surface area (Å²) in [5.74, 6) is 0.651. The van der Waals surface area contributed by atoms with Crippen LogP contribution in [0.2, 0.25) is 0 Å². The average Bonchev–Trinajstić information content (AvgIpc) is 2.22. The summed E-state index contributed by atoms with van der Waals surface area (Å²) in [5.41, 5.74) is 2.20. The number of hydrogen-bond donors (Lipinski definition) is 0. The Morgan fingerprint density at radius 2 is 1.94 bits per heavy atom. The number of aryl methyl sites for hydroxylation is 2. The Morgan fingerprint density at radius 3 is 2.62 bits per heavy atom. The van der Waals surface area contributed by atoms with E-state index >= 15 is 0 Å². The summed E-state index contributed by atoms with van der Waals surface area (Å²) in [6.07, 6.45) is 1.38. The van der Waals surface area contributed by atoms with Gasteiger partial charge in [-0.3, -0.25) is 0 Å². The zero-order valence-corrected chi connectivity index (χ0v) is 9.20. The van der Waals surface area contributed by atoms with Crippen molar-refractivity contribution in [2.75, 3.05) is 0 Å².